The predicted octanol–water partition coefficient (Wildman–Crippen LogP) is -0.152. The third-order valence-electron chi connectivity index (χ3n) is 2.07. The van der Waals surface area contributed by atoms with E-state index in [1.807, 2.05) is 0 Å². The SMILES string of the molecule is COCCNC(=O)CCn1cncc1C=O. The molecule has 0 spiro atoms. The normalized spacial score (nSPS) is 10.1. The van der Waals surface area contributed by atoms with Crippen LogP contribution in [0.2, 0.25) is 0 Å². The summed E-state index contributed by atoms with van der Waals surface area (Å²) in [7, 11) is 1.58. The van der Waals surface area contributed by atoms with Crippen LogP contribution in [-0.2, 0) is 16.1 Å². The summed E-state index contributed by atoms with van der Waals surface area (Å²) in [6.45, 7) is 1.45. The van der Waals surface area contributed by atoms with Crippen LogP contribution in [0.5, 0.6) is 0 Å². The summed E-state index contributed by atoms with van der Waals surface area (Å²) in [6, 6.07) is 0. The van der Waals surface area contributed by atoms with Crippen LogP contribution in [0.1, 0.15) is 16.9 Å². The Labute approximate surface area is 93.6 Å². The van der Waals surface area contributed by atoms with Gasteiger partial charge in [0.25, 0.3) is 0 Å². The fraction of sp³-hybridized carbons (Fsp3) is 0.500. The number of hydrogen-bond acceptors (Lipinski definition) is 4. The van der Waals surface area contributed by atoms with Crippen molar-refractivity contribution in [2.45, 2.75) is 13.0 Å². The lowest BCUT2D eigenvalue weighted by atomic mass is 10.3. The van der Waals surface area contributed by atoms with Crippen molar-refractivity contribution in [1.29, 1.82) is 0 Å². The summed E-state index contributed by atoms with van der Waals surface area (Å²) in [5, 5.41) is 2.70. The second-order valence-electron chi connectivity index (χ2n) is 3.22. The zero-order valence-electron chi connectivity index (χ0n) is 9.18. The Balaban J connectivity index is 2.28. The molecule has 1 aromatic rings. The summed E-state index contributed by atoms with van der Waals surface area (Å²) in [5.41, 5.74) is 0.477. The highest BCUT2D eigenvalue weighted by molar-refractivity contribution is 5.76. The first-order chi connectivity index (χ1) is 7.77. The van der Waals surface area contributed by atoms with Gasteiger partial charge in [0.05, 0.1) is 19.1 Å². The highest BCUT2D eigenvalue weighted by Gasteiger charge is 2.04. The number of aryl methyl sites for hydroxylation is 1. The van der Waals surface area contributed by atoms with E-state index in [2.05, 4.69) is 10.3 Å². The molecule has 1 amide bonds. The zero-order valence-corrected chi connectivity index (χ0v) is 9.18. The molecule has 1 aromatic heterocycles. The number of carbonyl (C=O) groups is 2. The van der Waals surface area contributed by atoms with E-state index in [1.165, 1.54) is 12.5 Å². The molecule has 0 unspecified atom stereocenters. The van der Waals surface area contributed by atoms with Gasteiger partial charge in [0.2, 0.25) is 5.91 Å². The van der Waals surface area contributed by atoms with Crippen molar-refractivity contribution in [3.63, 3.8) is 0 Å². The van der Waals surface area contributed by atoms with Crippen LogP contribution in [0, 0.1) is 0 Å². The number of amides is 1. The van der Waals surface area contributed by atoms with Crippen molar-refractivity contribution < 1.29 is 14.3 Å². The van der Waals surface area contributed by atoms with Gasteiger partial charge in [0.15, 0.2) is 6.29 Å². The number of nitrogens with zero attached hydrogens (tertiary/aromatic N) is 2. The smallest absolute Gasteiger partial charge is 0.221 e. The van der Waals surface area contributed by atoms with Crippen LogP contribution in [0.3, 0.4) is 0 Å². The topological polar surface area (TPSA) is 73.2 Å². The van der Waals surface area contributed by atoms with Crippen molar-refractivity contribution in [1.82, 2.24) is 14.9 Å². The molecule has 1 heterocycles. The molecule has 0 aliphatic carbocycles. The summed E-state index contributed by atoms with van der Waals surface area (Å²) in [5.74, 6) is -0.0670. The molecule has 1 N–H and O–H groups in total. The van der Waals surface area contributed by atoms with Gasteiger partial charge in [-0.3, -0.25) is 9.59 Å². The molecule has 16 heavy (non-hydrogen) atoms. The molecular weight excluding hydrogens is 210 g/mol. The molecule has 1 rings (SSSR count). The van der Waals surface area contributed by atoms with E-state index in [1.54, 1.807) is 11.7 Å². The molecule has 0 atom stereocenters. The molecule has 0 saturated heterocycles. The first kappa shape index (κ1) is 12.4. The Kier molecular flexibility index (Phi) is 5.21. The van der Waals surface area contributed by atoms with Crippen LogP contribution >= 0.6 is 0 Å². The maximum atomic E-state index is 11.3. The van der Waals surface area contributed by atoms with Crippen molar-refractivity contribution in [3.05, 3.63) is 18.2 Å². The standard InChI is InChI=1S/C10H15N3O3/c1-16-5-3-12-10(15)2-4-13-8-11-6-9(13)7-14/h6-8H,2-5H2,1H3,(H,12,15). The highest BCUT2D eigenvalue weighted by Crippen LogP contribution is 1.97. The van der Waals surface area contributed by atoms with Crippen molar-refractivity contribution in [3.8, 4) is 0 Å². The molecule has 6 nitrogen and oxygen atoms in total. The van der Waals surface area contributed by atoms with Gasteiger partial charge >= 0.3 is 0 Å². The van der Waals surface area contributed by atoms with Crippen LogP contribution in [0.25, 0.3) is 0 Å². The quantitative estimate of drug-likeness (QED) is 0.517. The van der Waals surface area contributed by atoms with Gasteiger partial charge in [0.1, 0.15) is 5.69 Å². The second-order valence-corrected chi connectivity index (χ2v) is 3.22. The molecule has 0 radical (unpaired) electrons. The molecule has 0 aromatic carbocycles. The molecule has 6 heteroatoms. The Hall–Kier alpha value is -1.69. The number of hydrogen-bond donors (Lipinski definition) is 1. The zero-order chi connectivity index (χ0) is 11.8. The van der Waals surface area contributed by atoms with Crippen molar-refractivity contribution in [2.24, 2.45) is 0 Å². The van der Waals surface area contributed by atoms with Crippen molar-refractivity contribution >= 4 is 12.2 Å². The average Bonchev–Trinajstić information content (AvgIpc) is 2.74. The van der Waals surface area contributed by atoms with Gasteiger partial charge < -0.3 is 14.6 Å². The minimum atomic E-state index is -0.0670. The minimum absolute atomic E-state index is 0.0670. The first-order valence-corrected chi connectivity index (χ1v) is 4.99. The molecule has 0 fully saturated rings. The molecule has 0 saturated carbocycles. The monoisotopic (exact) mass is 225 g/mol. The van der Waals surface area contributed by atoms with Crippen LogP contribution in [-0.4, -0.2) is 42.0 Å². The second kappa shape index (κ2) is 6.73. The van der Waals surface area contributed by atoms with Crippen LogP contribution in [0.4, 0.5) is 0 Å². The summed E-state index contributed by atoms with van der Waals surface area (Å²) in [6.07, 6.45) is 4.04. The van der Waals surface area contributed by atoms with E-state index in [9.17, 15) is 9.59 Å². The molecule has 0 aliphatic rings. The Morgan fingerprint density at radius 1 is 1.69 bits per heavy atom. The Morgan fingerprint density at radius 2 is 2.50 bits per heavy atom. The van der Waals surface area contributed by atoms with E-state index in [4.69, 9.17) is 4.74 Å². The number of ether oxygens (including phenoxy) is 1. The molecule has 0 bridgehead atoms. The Bertz CT molecular complexity index is 349. The number of imidazole rings is 1. The van der Waals surface area contributed by atoms with E-state index in [0.717, 1.165) is 6.29 Å². The highest BCUT2D eigenvalue weighted by atomic mass is 16.5. The summed E-state index contributed by atoms with van der Waals surface area (Å²) < 4.78 is 6.44. The lowest BCUT2D eigenvalue weighted by Gasteiger charge is -2.05. The maximum absolute atomic E-state index is 11.3. The minimum Gasteiger partial charge on any atom is -0.383 e. The fourth-order valence-electron chi connectivity index (χ4n) is 1.22. The van der Waals surface area contributed by atoms with Crippen molar-refractivity contribution in [2.75, 3.05) is 20.3 Å². The number of rotatable bonds is 7. The van der Waals surface area contributed by atoms with E-state index in [0.29, 0.717) is 31.8 Å². The van der Waals surface area contributed by atoms with Gasteiger partial charge in [-0.2, -0.15) is 0 Å². The fourth-order valence-corrected chi connectivity index (χ4v) is 1.22. The average molecular weight is 225 g/mol. The number of carbonyl (C=O) groups excluding carboxylic acids is 2. The number of nitrogens with one attached hydrogen (secondary N) is 1. The first-order valence-electron chi connectivity index (χ1n) is 4.99. The number of aldehydes is 1. The number of aromatic nitrogens is 2. The largest absolute Gasteiger partial charge is 0.383 e. The van der Waals surface area contributed by atoms with Gasteiger partial charge in [-0.25, -0.2) is 4.98 Å². The maximum Gasteiger partial charge on any atom is 0.221 e. The lowest BCUT2D eigenvalue weighted by Crippen LogP contribution is -2.27. The number of methoxy groups -OCH3 is 1. The van der Waals surface area contributed by atoms with Gasteiger partial charge in [-0.15, -0.1) is 0 Å². The molecule has 0 aliphatic heterocycles. The third-order valence-corrected chi connectivity index (χ3v) is 2.07. The van der Waals surface area contributed by atoms with Gasteiger partial charge in [0, 0.05) is 26.6 Å². The molecular formula is C10H15N3O3. The summed E-state index contributed by atoms with van der Waals surface area (Å²) in [4.78, 5) is 25.7. The van der Waals surface area contributed by atoms with E-state index >= 15 is 0 Å². The third kappa shape index (κ3) is 3.82. The predicted molar refractivity (Wildman–Crippen MR) is 57.1 cm³/mol. The molecule has 88 valence electrons. The van der Waals surface area contributed by atoms with E-state index in [-0.39, 0.29) is 5.91 Å². The van der Waals surface area contributed by atoms with Gasteiger partial charge in [-0.05, 0) is 0 Å². The van der Waals surface area contributed by atoms with Crippen LogP contribution < -0.4 is 5.32 Å². The van der Waals surface area contributed by atoms with Crippen LogP contribution in [0.15, 0.2) is 12.5 Å². The lowest BCUT2D eigenvalue weighted by molar-refractivity contribution is -0.121. The van der Waals surface area contributed by atoms with E-state index < -0.39 is 0 Å². The summed E-state index contributed by atoms with van der Waals surface area (Å²) >= 11 is 0. The van der Waals surface area contributed by atoms with Gasteiger partial charge in [-0.1, -0.05) is 0 Å². The Morgan fingerprint density at radius 3 is 3.19 bits per heavy atom.